The molecule has 0 N–H and O–H groups in total. The highest BCUT2D eigenvalue weighted by atomic mass is 19.1. The Morgan fingerprint density at radius 3 is 2.25 bits per heavy atom. The van der Waals surface area contributed by atoms with Crippen LogP contribution < -0.4 is 0 Å². The molecule has 1 nitrogen and oxygen atoms in total. The fraction of sp³-hybridized carbons (Fsp3) is 0.455. The molecule has 2 aromatic carbocycles. The summed E-state index contributed by atoms with van der Waals surface area (Å²) in [4.78, 5) is 2.53. The van der Waals surface area contributed by atoms with Crippen molar-refractivity contribution in [3.8, 4) is 0 Å². The first-order chi connectivity index (χ1) is 11.7. The van der Waals surface area contributed by atoms with E-state index in [0.717, 1.165) is 31.3 Å². The molecule has 0 aliphatic heterocycles. The average Bonchev–Trinajstić information content (AvgIpc) is 2.64. The highest BCUT2D eigenvalue weighted by molar-refractivity contribution is 5.20. The molecule has 0 amide bonds. The maximum atomic E-state index is 12.9. The molecule has 0 bridgehead atoms. The smallest absolute Gasteiger partial charge is 0.123 e. The van der Waals surface area contributed by atoms with Gasteiger partial charge < -0.3 is 4.90 Å². The molecule has 0 saturated heterocycles. The average molecular weight is 325 g/mol. The van der Waals surface area contributed by atoms with Crippen LogP contribution in [0.5, 0.6) is 0 Å². The first-order valence-electron chi connectivity index (χ1n) is 9.22. The summed E-state index contributed by atoms with van der Waals surface area (Å²) in [5.74, 6) is 0.598. The van der Waals surface area contributed by atoms with Gasteiger partial charge in [-0.2, -0.15) is 0 Å². The first kappa shape index (κ1) is 17.2. The molecule has 0 radical (unpaired) electrons. The Bertz CT molecular complexity index is 600. The second-order valence-electron chi connectivity index (χ2n) is 7.13. The Hall–Kier alpha value is -1.67. The largest absolute Gasteiger partial charge is 0.303 e. The maximum absolute atomic E-state index is 12.9. The zero-order valence-electron chi connectivity index (χ0n) is 14.6. The number of nitrogens with zero attached hydrogens (tertiary/aromatic N) is 1. The van der Waals surface area contributed by atoms with Crippen molar-refractivity contribution in [2.24, 2.45) is 0 Å². The lowest BCUT2D eigenvalue weighted by Crippen LogP contribution is -2.35. The van der Waals surface area contributed by atoms with Crippen molar-refractivity contribution in [2.75, 3.05) is 13.6 Å². The number of hydrogen-bond donors (Lipinski definition) is 0. The van der Waals surface area contributed by atoms with Crippen LogP contribution in [-0.4, -0.2) is 24.5 Å². The van der Waals surface area contributed by atoms with Gasteiger partial charge in [-0.25, -0.2) is 4.39 Å². The van der Waals surface area contributed by atoms with Gasteiger partial charge in [0, 0.05) is 6.04 Å². The lowest BCUT2D eigenvalue weighted by molar-refractivity contribution is 0.181. The van der Waals surface area contributed by atoms with Crippen molar-refractivity contribution in [1.82, 2.24) is 4.90 Å². The van der Waals surface area contributed by atoms with E-state index in [1.54, 1.807) is 12.1 Å². The molecule has 24 heavy (non-hydrogen) atoms. The molecule has 2 aromatic rings. The minimum absolute atomic E-state index is 0.147. The number of hydrogen-bond acceptors (Lipinski definition) is 1. The molecule has 128 valence electrons. The second kappa shape index (κ2) is 8.43. The van der Waals surface area contributed by atoms with Gasteiger partial charge in [-0.15, -0.1) is 0 Å². The molecule has 0 heterocycles. The topological polar surface area (TPSA) is 3.24 Å². The van der Waals surface area contributed by atoms with Crippen LogP contribution >= 0.6 is 0 Å². The van der Waals surface area contributed by atoms with E-state index < -0.39 is 0 Å². The summed E-state index contributed by atoms with van der Waals surface area (Å²) in [5, 5.41) is 0. The van der Waals surface area contributed by atoms with Crippen LogP contribution in [0.2, 0.25) is 0 Å². The number of aryl methyl sites for hydroxylation is 1. The Balaban J connectivity index is 1.40. The van der Waals surface area contributed by atoms with Gasteiger partial charge in [0.15, 0.2) is 0 Å². The second-order valence-corrected chi connectivity index (χ2v) is 7.13. The molecular weight excluding hydrogens is 297 g/mol. The highest BCUT2D eigenvalue weighted by Gasteiger charge is 2.24. The standard InChI is InChI=1S/C22H28FN/c1-24(17-5-6-18-9-13-21(23)14-10-18)22-15-11-20(12-16-22)19-7-3-2-4-8-19/h2-4,7-10,13-14,20,22H,5-6,11-12,15-17H2,1H3. The van der Waals surface area contributed by atoms with Gasteiger partial charge in [0.1, 0.15) is 5.82 Å². The van der Waals surface area contributed by atoms with E-state index in [1.165, 1.54) is 36.8 Å². The fourth-order valence-electron chi connectivity index (χ4n) is 3.94. The fourth-order valence-corrected chi connectivity index (χ4v) is 3.94. The third-order valence-electron chi connectivity index (χ3n) is 5.48. The molecule has 0 aromatic heterocycles. The van der Waals surface area contributed by atoms with Crippen LogP contribution in [0.4, 0.5) is 4.39 Å². The Morgan fingerprint density at radius 1 is 0.917 bits per heavy atom. The van der Waals surface area contributed by atoms with Gasteiger partial charge in [0.2, 0.25) is 0 Å². The van der Waals surface area contributed by atoms with Crippen LogP contribution in [0.1, 0.15) is 49.1 Å². The monoisotopic (exact) mass is 325 g/mol. The molecule has 0 atom stereocenters. The van der Waals surface area contributed by atoms with Crippen molar-refractivity contribution in [1.29, 1.82) is 0 Å². The van der Waals surface area contributed by atoms with E-state index in [0.29, 0.717) is 0 Å². The molecule has 2 heteroatoms. The summed E-state index contributed by atoms with van der Waals surface area (Å²) < 4.78 is 12.9. The first-order valence-corrected chi connectivity index (χ1v) is 9.22. The summed E-state index contributed by atoms with van der Waals surface area (Å²) in [6, 6.07) is 18.6. The van der Waals surface area contributed by atoms with E-state index in [-0.39, 0.29) is 5.82 Å². The van der Waals surface area contributed by atoms with Gasteiger partial charge in [0.05, 0.1) is 0 Å². The van der Waals surface area contributed by atoms with Crippen molar-refractivity contribution in [2.45, 2.75) is 50.5 Å². The van der Waals surface area contributed by atoms with Gasteiger partial charge in [-0.1, -0.05) is 42.5 Å². The SMILES string of the molecule is CN(CCCc1ccc(F)cc1)C1CCC(c2ccccc2)CC1. The van der Waals surface area contributed by atoms with Gasteiger partial charge in [-0.3, -0.25) is 0 Å². The molecular formula is C22H28FN. The molecule has 0 spiro atoms. The van der Waals surface area contributed by atoms with Crippen LogP contribution in [0.25, 0.3) is 0 Å². The Labute approximate surface area is 145 Å². The van der Waals surface area contributed by atoms with Gasteiger partial charge >= 0.3 is 0 Å². The summed E-state index contributed by atoms with van der Waals surface area (Å²) >= 11 is 0. The molecule has 1 fully saturated rings. The number of rotatable bonds is 6. The van der Waals surface area contributed by atoms with Crippen LogP contribution in [0, 0.1) is 5.82 Å². The summed E-state index contributed by atoms with van der Waals surface area (Å²) in [5.41, 5.74) is 2.74. The van der Waals surface area contributed by atoms with Crippen LogP contribution in [-0.2, 0) is 6.42 Å². The highest BCUT2D eigenvalue weighted by Crippen LogP contribution is 2.34. The lowest BCUT2D eigenvalue weighted by Gasteiger charge is -2.35. The van der Waals surface area contributed by atoms with Crippen LogP contribution in [0.15, 0.2) is 54.6 Å². The Morgan fingerprint density at radius 2 is 1.58 bits per heavy atom. The zero-order valence-corrected chi connectivity index (χ0v) is 14.6. The minimum Gasteiger partial charge on any atom is -0.303 e. The molecule has 1 aliphatic carbocycles. The van der Waals surface area contributed by atoms with Crippen molar-refractivity contribution in [3.05, 3.63) is 71.5 Å². The van der Waals surface area contributed by atoms with Crippen LogP contribution in [0.3, 0.4) is 0 Å². The third-order valence-corrected chi connectivity index (χ3v) is 5.48. The summed E-state index contributed by atoms with van der Waals surface area (Å²) in [6.45, 7) is 1.12. The van der Waals surface area contributed by atoms with E-state index in [1.807, 2.05) is 12.1 Å². The van der Waals surface area contributed by atoms with E-state index in [9.17, 15) is 4.39 Å². The molecule has 1 aliphatic rings. The molecule has 0 unspecified atom stereocenters. The number of halogens is 1. The van der Waals surface area contributed by atoms with Gasteiger partial charge in [-0.05, 0) is 81.3 Å². The quantitative estimate of drug-likeness (QED) is 0.686. The van der Waals surface area contributed by atoms with Crippen molar-refractivity contribution >= 4 is 0 Å². The number of benzene rings is 2. The van der Waals surface area contributed by atoms with E-state index in [2.05, 4.69) is 42.3 Å². The van der Waals surface area contributed by atoms with E-state index >= 15 is 0 Å². The predicted octanol–water partition coefficient (Wildman–Crippen LogP) is 5.42. The van der Waals surface area contributed by atoms with Gasteiger partial charge in [0.25, 0.3) is 0 Å². The van der Waals surface area contributed by atoms with E-state index in [4.69, 9.17) is 0 Å². The zero-order chi connectivity index (χ0) is 16.8. The van der Waals surface area contributed by atoms with Crippen molar-refractivity contribution < 1.29 is 4.39 Å². The molecule has 1 saturated carbocycles. The molecule has 3 rings (SSSR count). The summed E-state index contributed by atoms with van der Waals surface area (Å²) in [6.07, 6.45) is 7.37. The predicted molar refractivity (Wildman–Crippen MR) is 98.8 cm³/mol. The summed E-state index contributed by atoms with van der Waals surface area (Å²) in [7, 11) is 2.26. The normalized spacial score (nSPS) is 21.1. The Kier molecular flexibility index (Phi) is 6.03. The minimum atomic E-state index is -0.147. The lowest BCUT2D eigenvalue weighted by atomic mass is 9.81. The third kappa shape index (κ3) is 4.67. The van der Waals surface area contributed by atoms with Crippen molar-refractivity contribution in [3.63, 3.8) is 0 Å². The maximum Gasteiger partial charge on any atom is 0.123 e.